The maximum Gasteiger partial charge on any atom is 0.263 e. The Morgan fingerprint density at radius 1 is 1.26 bits per heavy atom. The van der Waals surface area contributed by atoms with E-state index in [0.29, 0.717) is 39.3 Å². The van der Waals surface area contributed by atoms with E-state index in [-0.39, 0.29) is 12.5 Å². The normalized spacial score (nSPS) is 12.0. The molecule has 1 amide bonds. The van der Waals surface area contributed by atoms with Gasteiger partial charge in [-0.3, -0.25) is 4.79 Å². The summed E-state index contributed by atoms with van der Waals surface area (Å²) in [6, 6.07) is 8.67. The minimum Gasteiger partial charge on any atom is -0.394 e. The molecule has 0 saturated carbocycles. The minimum absolute atomic E-state index is 0.163. The lowest BCUT2D eigenvalue weighted by Gasteiger charge is -2.16. The van der Waals surface area contributed by atoms with Gasteiger partial charge in [-0.1, -0.05) is 30.7 Å². The summed E-state index contributed by atoms with van der Waals surface area (Å²) in [6.07, 6.45) is 4.41. The van der Waals surface area contributed by atoms with Crippen molar-refractivity contribution in [1.29, 1.82) is 0 Å². The minimum atomic E-state index is -0.401. The zero-order valence-electron chi connectivity index (χ0n) is 14.7. The summed E-state index contributed by atoms with van der Waals surface area (Å²) in [5.74, 6) is 0.246. The molecule has 0 radical (unpaired) electrons. The number of carbonyl (C=O) groups excluding carboxylic acids is 1. The van der Waals surface area contributed by atoms with Gasteiger partial charge in [0.25, 0.3) is 5.91 Å². The molecule has 0 aliphatic carbocycles. The number of amides is 1. The monoisotopic (exact) mass is 402 g/mol. The molecule has 0 aliphatic heterocycles. The molecule has 140 valence electrons. The Hall–Kier alpha value is -2.35. The molecule has 8 heteroatoms. The molecule has 27 heavy (non-hydrogen) atoms. The smallest absolute Gasteiger partial charge is 0.263 e. The van der Waals surface area contributed by atoms with Crippen molar-refractivity contribution in [2.24, 2.45) is 0 Å². The summed E-state index contributed by atoms with van der Waals surface area (Å²) in [5.41, 5.74) is 1.68. The maximum atomic E-state index is 12.8. The first-order chi connectivity index (χ1) is 13.1. The number of nitrogens with zero attached hydrogens (tertiary/aromatic N) is 3. The SMILES string of the molecule is CCc1nc(-c2ncccn2)sc1C(=O)NC(CO)Cc1ccc(Cl)cc1. The van der Waals surface area contributed by atoms with Crippen LogP contribution in [0.15, 0.2) is 42.7 Å². The van der Waals surface area contributed by atoms with Crippen LogP contribution in [-0.4, -0.2) is 38.6 Å². The summed E-state index contributed by atoms with van der Waals surface area (Å²) in [6.45, 7) is 1.78. The van der Waals surface area contributed by atoms with Crippen LogP contribution in [0.4, 0.5) is 0 Å². The van der Waals surface area contributed by atoms with Crippen LogP contribution in [0.1, 0.15) is 27.9 Å². The third-order valence-corrected chi connectivity index (χ3v) is 5.29. The highest BCUT2D eigenvalue weighted by molar-refractivity contribution is 7.17. The number of aliphatic hydroxyl groups excluding tert-OH is 1. The highest BCUT2D eigenvalue weighted by Gasteiger charge is 2.21. The van der Waals surface area contributed by atoms with Gasteiger partial charge in [-0.05, 0) is 36.6 Å². The quantitative estimate of drug-likeness (QED) is 0.633. The Balaban J connectivity index is 1.76. The Morgan fingerprint density at radius 2 is 1.96 bits per heavy atom. The average molecular weight is 403 g/mol. The van der Waals surface area contributed by atoms with Gasteiger partial charge in [0.15, 0.2) is 10.8 Å². The van der Waals surface area contributed by atoms with Crippen molar-refractivity contribution in [2.45, 2.75) is 25.8 Å². The lowest BCUT2D eigenvalue weighted by atomic mass is 10.1. The molecule has 2 heterocycles. The first kappa shape index (κ1) is 19.4. The van der Waals surface area contributed by atoms with E-state index < -0.39 is 6.04 Å². The van der Waals surface area contributed by atoms with E-state index in [1.165, 1.54) is 11.3 Å². The highest BCUT2D eigenvalue weighted by atomic mass is 35.5. The summed E-state index contributed by atoms with van der Waals surface area (Å²) >= 11 is 7.16. The molecule has 0 spiro atoms. The van der Waals surface area contributed by atoms with Gasteiger partial charge in [-0.15, -0.1) is 11.3 Å². The first-order valence-electron chi connectivity index (χ1n) is 8.54. The Morgan fingerprint density at radius 3 is 2.59 bits per heavy atom. The van der Waals surface area contributed by atoms with Crippen LogP contribution in [0.25, 0.3) is 10.8 Å². The largest absolute Gasteiger partial charge is 0.394 e. The number of nitrogens with one attached hydrogen (secondary N) is 1. The lowest BCUT2D eigenvalue weighted by Crippen LogP contribution is -2.39. The lowest BCUT2D eigenvalue weighted by molar-refractivity contribution is 0.0919. The van der Waals surface area contributed by atoms with E-state index in [1.807, 2.05) is 19.1 Å². The van der Waals surface area contributed by atoms with Crippen molar-refractivity contribution in [3.05, 3.63) is 63.9 Å². The topological polar surface area (TPSA) is 88.0 Å². The van der Waals surface area contributed by atoms with Crippen molar-refractivity contribution in [2.75, 3.05) is 6.61 Å². The number of aliphatic hydroxyl groups is 1. The molecular formula is C19H19ClN4O2S. The molecule has 2 N–H and O–H groups in total. The van der Waals surface area contributed by atoms with Crippen molar-refractivity contribution in [1.82, 2.24) is 20.3 Å². The van der Waals surface area contributed by atoms with E-state index >= 15 is 0 Å². The van der Waals surface area contributed by atoms with Gasteiger partial charge in [0.1, 0.15) is 4.88 Å². The molecule has 1 unspecified atom stereocenters. The number of hydrogen-bond donors (Lipinski definition) is 2. The summed E-state index contributed by atoms with van der Waals surface area (Å²) in [4.78, 5) is 26.2. The van der Waals surface area contributed by atoms with E-state index in [1.54, 1.807) is 30.6 Å². The predicted molar refractivity (Wildman–Crippen MR) is 106 cm³/mol. The number of benzene rings is 1. The van der Waals surface area contributed by atoms with Crippen LogP contribution in [0.5, 0.6) is 0 Å². The zero-order chi connectivity index (χ0) is 19.2. The van der Waals surface area contributed by atoms with E-state index in [4.69, 9.17) is 11.6 Å². The predicted octanol–water partition coefficient (Wildman–Crippen LogP) is 3.15. The van der Waals surface area contributed by atoms with Gasteiger partial charge in [0.05, 0.1) is 18.3 Å². The molecule has 0 aliphatic rings. The second-order valence-corrected chi connectivity index (χ2v) is 7.34. The second kappa shape index (κ2) is 9.03. The highest BCUT2D eigenvalue weighted by Crippen LogP contribution is 2.26. The van der Waals surface area contributed by atoms with Crippen molar-refractivity contribution in [3.8, 4) is 10.8 Å². The average Bonchev–Trinajstić information content (AvgIpc) is 3.14. The Bertz CT molecular complexity index is 900. The molecule has 0 bridgehead atoms. The molecule has 3 rings (SSSR count). The van der Waals surface area contributed by atoms with Crippen molar-refractivity contribution >= 4 is 28.8 Å². The molecule has 0 fully saturated rings. The van der Waals surface area contributed by atoms with Crippen LogP contribution in [0.2, 0.25) is 5.02 Å². The van der Waals surface area contributed by atoms with Crippen LogP contribution >= 0.6 is 22.9 Å². The third kappa shape index (κ3) is 4.88. The molecule has 1 aromatic carbocycles. The van der Waals surface area contributed by atoms with Crippen LogP contribution in [0.3, 0.4) is 0 Å². The fraction of sp³-hybridized carbons (Fsp3) is 0.263. The van der Waals surface area contributed by atoms with E-state index in [2.05, 4.69) is 20.3 Å². The van der Waals surface area contributed by atoms with Gasteiger partial charge < -0.3 is 10.4 Å². The molecule has 2 aromatic heterocycles. The molecular weight excluding hydrogens is 384 g/mol. The van der Waals surface area contributed by atoms with Gasteiger partial charge >= 0.3 is 0 Å². The van der Waals surface area contributed by atoms with Gasteiger partial charge in [-0.2, -0.15) is 0 Å². The number of aryl methyl sites for hydroxylation is 1. The maximum absolute atomic E-state index is 12.8. The standard InChI is InChI=1S/C19H19ClN4O2S/c1-2-15-16(27-19(24-15)17-21-8-3-9-22-17)18(26)23-14(11-25)10-12-4-6-13(20)7-5-12/h3-9,14,25H,2,10-11H2,1H3,(H,23,26). The van der Waals surface area contributed by atoms with Gasteiger partial charge in [0, 0.05) is 17.4 Å². The summed E-state index contributed by atoms with van der Waals surface area (Å²) < 4.78 is 0. The summed E-state index contributed by atoms with van der Waals surface area (Å²) in [5, 5.41) is 13.8. The number of aromatic nitrogens is 3. The number of hydrogen-bond acceptors (Lipinski definition) is 6. The number of rotatable bonds is 7. The second-order valence-electron chi connectivity index (χ2n) is 5.90. The van der Waals surface area contributed by atoms with Gasteiger partial charge in [-0.25, -0.2) is 15.0 Å². The summed E-state index contributed by atoms with van der Waals surface area (Å²) in [7, 11) is 0. The fourth-order valence-electron chi connectivity index (χ4n) is 2.59. The van der Waals surface area contributed by atoms with Crippen LogP contribution < -0.4 is 5.32 Å². The third-order valence-electron chi connectivity index (χ3n) is 3.95. The van der Waals surface area contributed by atoms with Crippen molar-refractivity contribution < 1.29 is 9.90 Å². The van der Waals surface area contributed by atoms with Crippen LogP contribution in [-0.2, 0) is 12.8 Å². The number of thiazole rings is 1. The Kier molecular flexibility index (Phi) is 6.49. The zero-order valence-corrected chi connectivity index (χ0v) is 16.3. The van der Waals surface area contributed by atoms with Crippen molar-refractivity contribution in [3.63, 3.8) is 0 Å². The van der Waals surface area contributed by atoms with Crippen LogP contribution in [0, 0.1) is 0 Å². The molecule has 0 saturated heterocycles. The number of halogens is 1. The van der Waals surface area contributed by atoms with Gasteiger partial charge in [0.2, 0.25) is 0 Å². The fourth-order valence-corrected chi connectivity index (χ4v) is 3.72. The number of carbonyl (C=O) groups is 1. The molecule has 6 nitrogen and oxygen atoms in total. The van der Waals surface area contributed by atoms with E-state index in [0.717, 1.165) is 5.56 Å². The first-order valence-corrected chi connectivity index (χ1v) is 9.73. The Labute approximate surface area is 166 Å². The molecule has 1 atom stereocenters. The van der Waals surface area contributed by atoms with E-state index in [9.17, 15) is 9.90 Å². The molecule has 3 aromatic rings.